The molecule has 0 bridgehead atoms. The summed E-state index contributed by atoms with van der Waals surface area (Å²) in [5.74, 6) is 0.953. The molecule has 0 aliphatic rings. The van der Waals surface area contributed by atoms with Crippen molar-refractivity contribution in [3.63, 3.8) is 0 Å². The number of para-hydroxylation sites is 1. The van der Waals surface area contributed by atoms with Crippen LogP contribution >= 0.6 is 0 Å². The quantitative estimate of drug-likeness (QED) is 0.839. The van der Waals surface area contributed by atoms with Gasteiger partial charge in [0.2, 0.25) is 0 Å². The van der Waals surface area contributed by atoms with Crippen molar-refractivity contribution in [1.29, 1.82) is 0 Å². The number of aromatic nitrogens is 2. The van der Waals surface area contributed by atoms with E-state index in [4.69, 9.17) is 9.84 Å². The Morgan fingerprint density at radius 2 is 2.05 bits per heavy atom. The van der Waals surface area contributed by atoms with Crippen molar-refractivity contribution in [1.82, 2.24) is 9.55 Å². The lowest BCUT2D eigenvalue weighted by molar-refractivity contribution is -0.136. The molecule has 0 fully saturated rings. The predicted molar refractivity (Wildman–Crippen MR) is 74.8 cm³/mol. The molecule has 0 radical (unpaired) electrons. The van der Waals surface area contributed by atoms with Crippen molar-refractivity contribution >= 4 is 5.97 Å². The van der Waals surface area contributed by atoms with Gasteiger partial charge in [-0.15, -0.1) is 0 Å². The molecule has 5 heteroatoms. The fourth-order valence-corrected chi connectivity index (χ4v) is 1.96. The van der Waals surface area contributed by atoms with Gasteiger partial charge in [-0.1, -0.05) is 18.2 Å². The summed E-state index contributed by atoms with van der Waals surface area (Å²) in [4.78, 5) is 14.9. The summed E-state index contributed by atoms with van der Waals surface area (Å²) in [5, 5.41) is 8.69. The number of carboxylic acid groups (broad SMARTS) is 1. The Morgan fingerprint density at radius 1 is 1.30 bits per heavy atom. The lowest BCUT2D eigenvalue weighted by atomic mass is 10.2. The third kappa shape index (κ3) is 3.85. The van der Waals surface area contributed by atoms with Crippen LogP contribution in [-0.2, 0) is 24.7 Å². The van der Waals surface area contributed by atoms with E-state index in [0.29, 0.717) is 19.4 Å². The van der Waals surface area contributed by atoms with Gasteiger partial charge in [0.1, 0.15) is 11.6 Å². The molecule has 2 rings (SSSR count). The van der Waals surface area contributed by atoms with Crippen LogP contribution < -0.4 is 4.74 Å². The summed E-state index contributed by atoms with van der Waals surface area (Å²) in [6.07, 6.45) is 3.05. The van der Waals surface area contributed by atoms with Crippen LogP contribution in [0.15, 0.2) is 36.5 Å². The van der Waals surface area contributed by atoms with Crippen molar-refractivity contribution in [3.05, 3.63) is 48.0 Å². The maximum atomic E-state index is 10.6. The van der Waals surface area contributed by atoms with Crippen molar-refractivity contribution in [2.45, 2.75) is 19.3 Å². The highest BCUT2D eigenvalue weighted by molar-refractivity contribution is 5.66. The summed E-state index contributed by atoms with van der Waals surface area (Å²) in [6.45, 7) is 0.549. The SMILES string of the molecule is Cn1c(CCC(=O)O)cnc1CCOc1ccccc1. The van der Waals surface area contributed by atoms with E-state index in [0.717, 1.165) is 17.3 Å². The zero-order valence-electron chi connectivity index (χ0n) is 11.5. The Kier molecular flexibility index (Phi) is 4.76. The van der Waals surface area contributed by atoms with E-state index in [1.165, 1.54) is 0 Å². The first kappa shape index (κ1) is 14.1. The molecule has 20 heavy (non-hydrogen) atoms. The monoisotopic (exact) mass is 274 g/mol. The van der Waals surface area contributed by atoms with Gasteiger partial charge in [-0.25, -0.2) is 4.98 Å². The van der Waals surface area contributed by atoms with Crippen molar-refractivity contribution in [3.8, 4) is 5.75 Å². The molecule has 0 spiro atoms. The third-order valence-electron chi connectivity index (χ3n) is 3.11. The molecule has 5 nitrogen and oxygen atoms in total. The normalized spacial score (nSPS) is 10.4. The summed E-state index contributed by atoms with van der Waals surface area (Å²) < 4.78 is 7.57. The molecule has 2 aromatic rings. The molecular formula is C15H18N2O3. The van der Waals surface area contributed by atoms with Crippen molar-refractivity contribution in [2.75, 3.05) is 6.61 Å². The molecule has 1 aromatic carbocycles. The van der Waals surface area contributed by atoms with Crippen molar-refractivity contribution in [2.24, 2.45) is 7.05 Å². The van der Waals surface area contributed by atoms with Crippen LogP contribution in [0.25, 0.3) is 0 Å². The van der Waals surface area contributed by atoms with Crippen LogP contribution in [0, 0.1) is 0 Å². The smallest absolute Gasteiger partial charge is 0.303 e. The standard InChI is InChI=1S/C15H18N2O3/c1-17-12(7-8-15(18)19)11-16-14(17)9-10-20-13-5-3-2-4-6-13/h2-6,11H,7-10H2,1H3,(H,18,19). The van der Waals surface area contributed by atoms with Crippen molar-refractivity contribution < 1.29 is 14.6 Å². The number of aliphatic carboxylic acids is 1. The molecule has 1 N–H and O–H groups in total. The Labute approximate surface area is 117 Å². The second kappa shape index (κ2) is 6.75. The van der Waals surface area contributed by atoms with E-state index >= 15 is 0 Å². The van der Waals surface area contributed by atoms with Gasteiger partial charge in [0.15, 0.2) is 0 Å². The highest BCUT2D eigenvalue weighted by atomic mass is 16.5. The maximum absolute atomic E-state index is 10.6. The number of hydrogen-bond acceptors (Lipinski definition) is 3. The van der Waals surface area contributed by atoms with Gasteiger partial charge in [0.05, 0.1) is 13.0 Å². The van der Waals surface area contributed by atoms with Crippen LogP contribution in [0.4, 0.5) is 0 Å². The average Bonchev–Trinajstić information content (AvgIpc) is 2.79. The molecule has 0 saturated carbocycles. The van der Waals surface area contributed by atoms with Crippen LogP contribution in [0.1, 0.15) is 17.9 Å². The van der Waals surface area contributed by atoms with Crippen LogP contribution in [0.5, 0.6) is 5.75 Å². The lowest BCUT2D eigenvalue weighted by Crippen LogP contribution is -2.08. The van der Waals surface area contributed by atoms with E-state index in [-0.39, 0.29) is 6.42 Å². The predicted octanol–water partition coefficient (Wildman–Crippen LogP) is 2.06. The summed E-state index contributed by atoms with van der Waals surface area (Å²) >= 11 is 0. The van der Waals surface area contributed by atoms with Gasteiger partial charge in [0.25, 0.3) is 0 Å². The molecular weight excluding hydrogens is 256 g/mol. The van der Waals surface area contributed by atoms with Crippen LogP contribution in [-0.4, -0.2) is 27.2 Å². The maximum Gasteiger partial charge on any atom is 0.303 e. The first-order chi connectivity index (χ1) is 9.66. The fourth-order valence-electron chi connectivity index (χ4n) is 1.96. The first-order valence-electron chi connectivity index (χ1n) is 6.56. The van der Waals surface area contributed by atoms with Gasteiger partial charge in [-0.3, -0.25) is 4.79 Å². The van der Waals surface area contributed by atoms with E-state index in [1.54, 1.807) is 6.20 Å². The third-order valence-corrected chi connectivity index (χ3v) is 3.11. The summed E-state index contributed by atoms with van der Waals surface area (Å²) in [7, 11) is 1.90. The van der Waals surface area contributed by atoms with E-state index in [9.17, 15) is 4.79 Å². The minimum atomic E-state index is -0.792. The fraction of sp³-hybridized carbons (Fsp3) is 0.333. The Balaban J connectivity index is 1.85. The number of rotatable bonds is 7. The molecule has 0 aliphatic heterocycles. The van der Waals surface area contributed by atoms with E-state index in [2.05, 4.69) is 4.98 Å². The Bertz CT molecular complexity index is 564. The molecule has 0 amide bonds. The lowest BCUT2D eigenvalue weighted by Gasteiger charge is -2.07. The number of ether oxygens (including phenoxy) is 1. The van der Waals surface area contributed by atoms with E-state index in [1.807, 2.05) is 41.9 Å². The topological polar surface area (TPSA) is 64.4 Å². The van der Waals surface area contributed by atoms with Crippen LogP contribution in [0.3, 0.4) is 0 Å². The van der Waals surface area contributed by atoms with Gasteiger partial charge in [-0.2, -0.15) is 0 Å². The number of carboxylic acids is 1. The number of nitrogens with zero attached hydrogens (tertiary/aromatic N) is 2. The number of carbonyl (C=O) groups is 1. The average molecular weight is 274 g/mol. The Hall–Kier alpha value is -2.30. The molecule has 0 atom stereocenters. The highest BCUT2D eigenvalue weighted by Gasteiger charge is 2.08. The number of imidazole rings is 1. The summed E-state index contributed by atoms with van der Waals surface area (Å²) in [5.41, 5.74) is 0.933. The first-order valence-corrected chi connectivity index (χ1v) is 6.56. The van der Waals surface area contributed by atoms with Gasteiger partial charge in [0, 0.05) is 25.4 Å². The minimum Gasteiger partial charge on any atom is -0.493 e. The molecule has 0 aliphatic carbocycles. The van der Waals surface area contributed by atoms with Gasteiger partial charge < -0.3 is 14.4 Å². The number of aryl methyl sites for hydroxylation is 1. The minimum absolute atomic E-state index is 0.124. The van der Waals surface area contributed by atoms with Gasteiger partial charge in [-0.05, 0) is 18.6 Å². The molecule has 1 heterocycles. The Morgan fingerprint density at radius 3 is 2.75 bits per heavy atom. The zero-order chi connectivity index (χ0) is 14.4. The largest absolute Gasteiger partial charge is 0.493 e. The second-order valence-electron chi connectivity index (χ2n) is 4.53. The van der Waals surface area contributed by atoms with E-state index < -0.39 is 5.97 Å². The summed E-state index contributed by atoms with van der Waals surface area (Å²) in [6, 6.07) is 9.63. The molecule has 0 unspecified atom stereocenters. The second-order valence-corrected chi connectivity index (χ2v) is 4.53. The number of hydrogen-bond donors (Lipinski definition) is 1. The van der Waals surface area contributed by atoms with Gasteiger partial charge >= 0.3 is 5.97 Å². The molecule has 106 valence electrons. The highest BCUT2D eigenvalue weighted by Crippen LogP contribution is 2.10. The molecule has 1 aromatic heterocycles. The van der Waals surface area contributed by atoms with Crippen LogP contribution in [0.2, 0.25) is 0 Å². The zero-order valence-corrected chi connectivity index (χ0v) is 11.5. The number of benzene rings is 1. The molecule has 0 saturated heterocycles.